The molecule has 0 atom stereocenters. The van der Waals surface area contributed by atoms with E-state index in [1.807, 2.05) is 20.6 Å². The molecule has 1 rings (SSSR count). The predicted octanol–water partition coefficient (Wildman–Crippen LogP) is 2.39. The van der Waals surface area contributed by atoms with Crippen molar-refractivity contribution in [3.8, 4) is 0 Å². The monoisotopic (exact) mass is 237 g/mol. The van der Waals surface area contributed by atoms with Gasteiger partial charge in [-0.2, -0.15) is 0 Å². The third-order valence-corrected chi connectivity index (χ3v) is 2.68. The lowest BCUT2D eigenvalue weighted by Gasteiger charge is -2.26. The van der Waals surface area contributed by atoms with E-state index in [9.17, 15) is 0 Å². The molecule has 0 fully saturated rings. The molecule has 3 heteroatoms. The molecule has 0 spiro atoms. The van der Waals surface area contributed by atoms with Crippen LogP contribution < -0.4 is 5.32 Å². The standard InChI is InChI=1S/C12H19N.2CH2O/c1-9-6-7-11(10(2)8-9)12(3,4)13-5;2*1-2/h6-8,13H,1-5H3;2*1H2. The zero-order valence-electron chi connectivity index (χ0n) is 11.5. The van der Waals surface area contributed by atoms with Crippen LogP contribution in [0.3, 0.4) is 0 Å². The summed E-state index contributed by atoms with van der Waals surface area (Å²) in [5.74, 6) is 0. The van der Waals surface area contributed by atoms with E-state index in [1.165, 1.54) is 16.7 Å². The molecule has 0 aliphatic heterocycles. The quantitative estimate of drug-likeness (QED) is 0.859. The van der Waals surface area contributed by atoms with Crippen molar-refractivity contribution in [3.63, 3.8) is 0 Å². The fourth-order valence-electron chi connectivity index (χ4n) is 1.65. The lowest BCUT2D eigenvalue weighted by molar-refractivity contribution is -0.0987. The van der Waals surface area contributed by atoms with Crippen LogP contribution in [0.2, 0.25) is 0 Å². The first-order chi connectivity index (χ1) is 7.97. The maximum Gasteiger partial charge on any atom is 0.106 e. The third-order valence-electron chi connectivity index (χ3n) is 2.68. The molecule has 3 nitrogen and oxygen atoms in total. The first-order valence-corrected chi connectivity index (χ1v) is 5.32. The first-order valence-electron chi connectivity index (χ1n) is 5.32. The number of aryl methyl sites for hydroxylation is 2. The molecule has 0 bridgehead atoms. The van der Waals surface area contributed by atoms with E-state index in [0.717, 1.165) is 0 Å². The summed E-state index contributed by atoms with van der Waals surface area (Å²) in [4.78, 5) is 16.0. The molecule has 0 aliphatic carbocycles. The molecule has 0 heterocycles. The Balaban J connectivity index is 0. The van der Waals surface area contributed by atoms with Gasteiger partial charge in [0.05, 0.1) is 0 Å². The average molecular weight is 237 g/mol. The second kappa shape index (κ2) is 8.65. The van der Waals surface area contributed by atoms with Gasteiger partial charge in [0, 0.05) is 5.54 Å². The molecule has 0 amide bonds. The van der Waals surface area contributed by atoms with Crippen molar-refractivity contribution in [1.82, 2.24) is 5.32 Å². The van der Waals surface area contributed by atoms with Gasteiger partial charge < -0.3 is 14.9 Å². The lowest BCUT2D eigenvalue weighted by atomic mass is 9.90. The maximum absolute atomic E-state index is 8.00. The van der Waals surface area contributed by atoms with Crippen molar-refractivity contribution in [2.24, 2.45) is 0 Å². The molecule has 96 valence electrons. The van der Waals surface area contributed by atoms with Gasteiger partial charge in [0.25, 0.3) is 0 Å². The van der Waals surface area contributed by atoms with Crippen LogP contribution in [0.5, 0.6) is 0 Å². The van der Waals surface area contributed by atoms with E-state index in [2.05, 4.69) is 51.2 Å². The molecule has 0 unspecified atom stereocenters. The zero-order valence-corrected chi connectivity index (χ0v) is 11.5. The predicted molar refractivity (Wildman–Crippen MR) is 72.2 cm³/mol. The summed E-state index contributed by atoms with van der Waals surface area (Å²) < 4.78 is 0. The van der Waals surface area contributed by atoms with E-state index < -0.39 is 0 Å². The maximum atomic E-state index is 8.00. The Morgan fingerprint density at radius 1 is 1.06 bits per heavy atom. The Morgan fingerprint density at radius 3 is 1.88 bits per heavy atom. The van der Waals surface area contributed by atoms with Crippen LogP contribution in [0.25, 0.3) is 0 Å². The fraction of sp³-hybridized carbons (Fsp3) is 0.429. The molecule has 0 aromatic heterocycles. The van der Waals surface area contributed by atoms with Crippen LogP contribution in [0.4, 0.5) is 0 Å². The van der Waals surface area contributed by atoms with Crippen LogP contribution in [-0.4, -0.2) is 20.6 Å². The molecule has 1 aromatic rings. The largest absolute Gasteiger partial charge is 0.311 e. The van der Waals surface area contributed by atoms with E-state index in [1.54, 1.807) is 0 Å². The van der Waals surface area contributed by atoms with Gasteiger partial charge in [-0.1, -0.05) is 23.8 Å². The highest BCUT2D eigenvalue weighted by molar-refractivity contribution is 5.34. The molecule has 1 N–H and O–H groups in total. The highest BCUT2D eigenvalue weighted by Crippen LogP contribution is 2.23. The molecule has 17 heavy (non-hydrogen) atoms. The summed E-state index contributed by atoms with van der Waals surface area (Å²) in [5, 5.41) is 3.32. The Morgan fingerprint density at radius 2 is 1.53 bits per heavy atom. The summed E-state index contributed by atoms with van der Waals surface area (Å²) in [7, 11) is 2.00. The summed E-state index contributed by atoms with van der Waals surface area (Å²) in [6, 6.07) is 6.61. The molecule has 0 saturated carbocycles. The smallest absolute Gasteiger partial charge is 0.106 e. The van der Waals surface area contributed by atoms with E-state index in [-0.39, 0.29) is 5.54 Å². The fourth-order valence-corrected chi connectivity index (χ4v) is 1.65. The number of carbonyl (C=O) groups excluding carboxylic acids is 2. The number of hydrogen-bond acceptors (Lipinski definition) is 3. The summed E-state index contributed by atoms with van der Waals surface area (Å²) in [5.41, 5.74) is 4.13. The van der Waals surface area contributed by atoms with Gasteiger partial charge in [-0.25, -0.2) is 0 Å². The molecule has 0 saturated heterocycles. The molecule has 0 aliphatic rings. The van der Waals surface area contributed by atoms with Gasteiger partial charge in [-0.05, 0) is 45.9 Å². The van der Waals surface area contributed by atoms with Crippen LogP contribution in [-0.2, 0) is 15.1 Å². The number of rotatable bonds is 2. The number of carbonyl (C=O) groups is 2. The molecular weight excluding hydrogens is 214 g/mol. The van der Waals surface area contributed by atoms with Crippen molar-refractivity contribution in [2.45, 2.75) is 33.2 Å². The Labute approximate surface area is 104 Å². The van der Waals surface area contributed by atoms with Crippen LogP contribution in [0.15, 0.2) is 18.2 Å². The van der Waals surface area contributed by atoms with Crippen LogP contribution in [0, 0.1) is 13.8 Å². The molecular formula is C14H23NO2. The van der Waals surface area contributed by atoms with Crippen molar-refractivity contribution in [3.05, 3.63) is 34.9 Å². The Bertz CT molecular complexity index is 333. The molecule has 0 radical (unpaired) electrons. The topological polar surface area (TPSA) is 46.2 Å². The Hall–Kier alpha value is -1.48. The SMILES string of the molecule is C=O.C=O.CNC(C)(C)c1ccc(C)cc1C. The van der Waals surface area contributed by atoms with Crippen molar-refractivity contribution >= 4 is 13.6 Å². The highest BCUT2D eigenvalue weighted by atomic mass is 16.1. The van der Waals surface area contributed by atoms with E-state index in [4.69, 9.17) is 9.59 Å². The van der Waals surface area contributed by atoms with Crippen LogP contribution in [0.1, 0.15) is 30.5 Å². The van der Waals surface area contributed by atoms with E-state index >= 15 is 0 Å². The highest BCUT2D eigenvalue weighted by Gasteiger charge is 2.19. The number of hydrogen-bond donors (Lipinski definition) is 1. The van der Waals surface area contributed by atoms with Gasteiger partial charge >= 0.3 is 0 Å². The van der Waals surface area contributed by atoms with Gasteiger partial charge in [-0.15, -0.1) is 0 Å². The molecule has 1 aromatic carbocycles. The zero-order chi connectivity index (χ0) is 14.1. The second-order valence-electron chi connectivity index (χ2n) is 4.19. The van der Waals surface area contributed by atoms with Gasteiger partial charge in [-0.3, -0.25) is 0 Å². The number of nitrogens with one attached hydrogen (secondary N) is 1. The lowest BCUT2D eigenvalue weighted by Crippen LogP contribution is -2.33. The minimum absolute atomic E-state index is 0.0672. The minimum Gasteiger partial charge on any atom is -0.311 e. The minimum atomic E-state index is 0.0672. The second-order valence-corrected chi connectivity index (χ2v) is 4.19. The van der Waals surface area contributed by atoms with Crippen LogP contribution >= 0.6 is 0 Å². The van der Waals surface area contributed by atoms with Gasteiger partial charge in [0.2, 0.25) is 0 Å². The van der Waals surface area contributed by atoms with Crippen molar-refractivity contribution in [2.75, 3.05) is 7.05 Å². The average Bonchev–Trinajstić information content (AvgIpc) is 2.33. The van der Waals surface area contributed by atoms with Gasteiger partial charge in [0.15, 0.2) is 0 Å². The first kappa shape index (κ1) is 17.9. The summed E-state index contributed by atoms with van der Waals surface area (Å²) in [6.45, 7) is 12.7. The van der Waals surface area contributed by atoms with Gasteiger partial charge in [0.1, 0.15) is 13.6 Å². The Kier molecular flexibility index (Phi) is 9.10. The number of benzene rings is 1. The summed E-state index contributed by atoms with van der Waals surface area (Å²) in [6.07, 6.45) is 0. The third kappa shape index (κ3) is 5.41. The van der Waals surface area contributed by atoms with Crippen molar-refractivity contribution < 1.29 is 9.59 Å². The normalized spacial score (nSPS) is 9.47. The summed E-state index contributed by atoms with van der Waals surface area (Å²) >= 11 is 0. The van der Waals surface area contributed by atoms with Crippen molar-refractivity contribution in [1.29, 1.82) is 0 Å². The van der Waals surface area contributed by atoms with E-state index in [0.29, 0.717) is 0 Å².